The van der Waals surface area contributed by atoms with Crippen LogP contribution in [0.1, 0.15) is 0 Å². The highest BCUT2D eigenvalue weighted by molar-refractivity contribution is 5.85. The van der Waals surface area contributed by atoms with Gasteiger partial charge in [-0.15, -0.1) is 0 Å². The van der Waals surface area contributed by atoms with Gasteiger partial charge in [-0.2, -0.15) is 0 Å². The van der Waals surface area contributed by atoms with Gasteiger partial charge in [0.25, 0.3) is 11.8 Å². The topological polar surface area (TPSA) is 85.9 Å². The molecule has 2 N–H and O–H groups in total. The van der Waals surface area contributed by atoms with Crippen LogP contribution in [0.4, 0.5) is 4.39 Å². The van der Waals surface area contributed by atoms with Crippen LogP contribution >= 0.6 is 0 Å². The van der Waals surface area contributed by atoms with E-state index in [0.717, 1.165) is 0 Å². The first kappa shape index (κ1) is 16.6. The average molecular weight is 346 g/mol. The van der Waals surface area contributed by atoms with E-state index in [1.165, 1.54) is 18.2 Å². The molecular formula is C17H15FN2O5. The van der Waals surface area contributed by atoms with Crippen molar-refractivity contribution in [3.8, 4) is 17.2 Å². The molecular weight excluding hydrogens is 331 g/mol. The van der Waals surface area contributed by atoms with E-state index >= 15 is 0 Å². The van der Waals surface area contributed by atoms with E-state index in [1.807, 2.05) is 0 Å². The highest BCUT2D eigenvalue weighted by atomic mass is 19.1. The van der Waals surface area contributed by atoms with E-state index in [2.05, 4.69) is 10.9 Å². The van der Waals surface area contributed by atoms with Gasteiger partial charge < -0.3 is 14.2 Å². The zero-order chi connectivity index (χ0) is 17.6. The second kappa shape index (κ2) is 7.52. The maximum Gasteiger partial charge on any atom is 0.283 e. The Morgan fingerprint density at radius 3 is 2.60 bits per heavy atom. The molecule has 0 bridgehead atoms. The smallest absolute Gasteiger partial charge is 0.283 e. The summed E-state index contributed by atoms with van der Waals surface area (Å²) in [6.45, 7) is -0.434. The standard InChI is InChI=1S/C17H15FN2O5/c18-11-5-1-2-6-12(11)24-10-16(21)19-20-17(22)15-9-23-13-7-3-4-8-14(13)25-15/h1-8,15H,9-10H2,(H,19,21)(H,20,22). The van der Waals surface area contributed by atoms with Gasteiger partial charge in [0.05, 0.1) is 0 Å². The lowest BCUT2D eigenvalue weighted by atomic mass is 10.2. The molecule has 0 aliphatic carbocycles. The molecule has 130 valence electrons. The maximum absolute atomic E-state index is 13.4. The van der Waals surface area contributed by atoms with E-state index in [9.17, 15) is 14.0 Å². The van der Waals surface area contributed by atoms with Gasteiger partial charge in [0.1, 0.15) is 6.61 Å². The molecule has 0 saturated carbocycles. The van der Waals surface area contributed by atoms with Gasteiger partial charge >= 0.3 is 0 Å². The zero-order valence-corrected chi connectivity index (χ0v) is 13.0. The van der Waals surface area contributed by atoms with Gasteiger partial charge in [-0.05, 0) is 24.3 Å². The number of ether oxygens (including phenoxy) is 3. The molecule has 0 aromatic heterocycles. The van der Waals surface area contributed by atoms with Crippen LogP contribution in [0, 0.1) is 5.82 Å². The molecule has 2 aromatic carbocycles. The van der Waals surface area contributed by atoms with Gasteiger partial charge in [-0.1, -0.05) is 24.3 Å². The van der Waals surface area contributed by atoms with Crippen molar-refractivity contribution >= 4 is 11.8 Å². The molecule has 0 saturated heterocycles. The number of carbonyl (C=O) groups is 2. The van der Waals surface area contributed by atoms with Crippen LogP contribution in [-0.2, 0) is 9.59 Å². The number of halogens is 1. The molecule has 0 fully saturated rings. The minimum absolute atomic E-state index is 0.0183. The van der Waals surface area contributed by atoms with Gasteiger partial charge in [-0.3, -0.25) is 20.4 Å². The maximum atomic E-state index is 13.4. The molecule has 0 radical (unpaired) electrons. The second-order valence-electron chi connectivity index (χ2n) is 5.12. The molecule has 7 nitrogen and oxygen atoms in total. The third-order valence-electron chi connectivity index (χ3n) is 3.32. The third-order valence-corrected chi connectivity index (χ3v) is 3.32. The Kier molecular flexibility index (Phi) is 4.98. The number of hydrazine groups is 1. The van der Waals surface area contributed by atoms with Crippen LogP contribution in [-0.4, -0.2) is 31.1 Å². The number of nitrogens with one attached hydrogen (secondary N) is 2. The van der Waals surface area contributed by atoms with Gasteiger partial charge in [-0.25, -0.2) is 4.39 Å². The molecule has 1 atom stereocenters. The van der Waals surface area contributed by atoms with Gasteiger partial charge in [0.15, 0.2) is 29.7 Å². The normalized spacial score (nSPS) is 15.2. The molecule has 1 aliphatic rings. The summed E-state index contributed by atoms with van der Waals surface area (Å²) in [4.78, 5) is 23.7. The zero-order valence-electron chi connectivity index (χ0n) is 13.0. The number of rotatable bonds is 4. The van der Waals surface area contributed by atoms with Crippen molar-refractivity contribution in [3.63, 3.8) is 0 Å². The average Bonchev–Trinajstić information content (AvgIpc) is 2.65. The Labute approximate surface area is 142 Å². The van der Waals surface area contributed by atoms with Crippen LogP contribution < -0.4 is 25.1 Å². The lowest BCUT2D eigenvalue weighted by molar-refractivity contribution is -0.135. The van der Waals surface area contributed by atoms with Crippen molar-refractivity contribution in [2.24, 2.45) is 0 Å². The van der Waals surface area contributed by atoms with Crippen LogP contribution in [0.2, 0.25) is 0 Å². The molecule has 1 aliphatic heterocycles. The Balaban J connectivity index is 1.45. The SMILES string of the molecule is O=C(COc1ccccc1F)NNC(=O)C1COc2ccccc2O1. The molecule has 25 heavy (non-hydrogen) atoms. The number of benzene rings is 2. The Bertz CT molecular complexity index is 783. The highest BCUT2D eigenvalue weighted by Gasteiger charge is 2.27. The first-order valence-electron chi connectivity index (χ1n) is 7.48. The fourth-order valence-corrected chi connectivity index (χ4v) is 2.10. The fraction of sp³-hybridized carbons (Fsp3) is 0.176. The molecule has 1 unspecified atom stereocenters. The Hall–Kier alpha value is -3.29. The van der Waals surface area contributed by atoms with Crippen molar-refractivity contribution in [3.05, 3.63) is 54.3 Å². The number of hydrogen-bond donors (Lipinski definition) is 2. The summed E-state index contributed by atoms with van der Waals surface area (Å²) < 4.78 is 29.3. The minimum atomic E-state index is -0.900. The molecule has 1 heterocycles. The molecule has 2 amide bonds. The Morgan fingerprint density at radius 2 is 1.80 bits per heavy atom. The lowest BCUT2D eigenvalue weighted by Gasteiger charge is -2.25. The lowest BCUT2D eigenvalue weighted by Crippen LogP contribution is -2.51. The number of hydrogen-bond acceptors (Lipinski definition) is 5. The minimum Gasteiger partial charge on any atom is -0.485 e. The van der Waals surface area contributed by atoms with Crippen LogP contribution in [0.15, 0.2) is 48.5 Å². The molecule has 3 rings (SSSR count). The summed E-state index contributed by atoms with van der Waals surface area (Å²) in [5.41, 5.74) is 4.39. The van der Waals surface area contributed by atoms with E-state index in [-0.39, 0.29) is 12.4 Å². The summed E-state index contributed by atoms with van der Waals surface area (Å²) in [5, 5.41) is 0. The molecule has 8 heteroatoms. The van der Waals surface area contributed by atoms with Crippen molar-refractivity contribution in [2.75, 3.05) is 13.2 Å². The molecule has 2 aromatic rings. The summed E-state index contributed by atoms with van der Waals surface area (Å²) >= 11 is 0. The fourth-order valence-electron chi connectivity index (χ4n) is 2.10. The van der Waals surface area contributed by atoms with E-state index in [4.69, 9.17) is 14.2 Å². The van der Waals surface area contributed by atoms with Crippen LogP contribution in [0.25, 0.3) is 0 Å². The number of carbonyl (C=O) groups excluding carboxylic acids is 2. The quantitative estimate of drug-likeness (QED) is 0.813. The van der Waals surface area contributed by atoms with E-state index < -0.39 is 30.3 Å². The van der Waals surface area contributed by atoms with Crippen molar-refractivity contribution in [2.45, 2.75) is 6.10 Å². The summed E-state index contributed by atoms with van der Waals surface area (Å²) in [7, 11) is 0. The predicted molar refractivity (Wildman–Crippen MR) is 84.5 cm³/mol. The predicted octanol–water partition coefficient (Wildman–Crippen LogP) is 1.19. The van der Waals surface area contributed by atoms with E-state index in [0.29, 0.717) is 11.5 Å². The van der Waals surface area contributed by atoms with Crippen LogP contribution in [0.5, 0.6) is 17.2 Å². The Morgan fingerprint density at radius 1 is 1.08 bits per heavy atom. The number of fused-ring (bicyclic) bond motifs is 1. The monoisotopic (exact) mass is 346 g/mol. The van der Waals surface area contributed by atoms with Crippen LogP contribution in [0.3, 0.4) is 0 Å². The molecule has 0 spiro atoms. The first-order chi connectivity index (χ1) is 12.1. The third kappa shape index (κ3) is 4.17. The highest BCUT2D eigenvalue weighted by Crippen LogP contribution is 2.30. The summed E-state index contributed by atoms with van der Waals surface area (Å²) in [5.74, 6) is -0.852. The summed E-state index contributed by atoms with van der Waals surface area (Å²) in [6, 6.07) is 12.6. The van der Waals surface area contributed by atoms with Crippen molar-refractivity contribution in [1.82, 2.24) is 10.9 Å². The number of para-hydroxylation sites is 3. The number of amides is 2. The largest absolute Gasteiger partial charge is 0.485 e. The van der Waals surface area contributed by atoms with Gasteiger partial charge in [0, 0.05) is 0 Å². The van der Waals surface area contributed by atoms with Crippen molar-refractivity contribution < 1.29 is 28.2 Å². The van der Waals surface area contributed by atoms with Crippen molar-refractivity contribution in [1.29, 1.82) is 0 Å². The first-order valence-corrected chi connectivity index (χ1v) is 7.48. The second-order valence-corrected chi connectivity index (χ2v) is 5.12. The van der Waals surface area contributed by atoms with Gasteiger partial charge in [0.2, 0.25) is 6.10 Å². The summed E-state index contributed by atoms with van der Waals surface area (Å²) in [6.07, 6.45) is -0.900. The van der Waals surface area contributed by atoms with E-state index in [1.54, 1.807) is 30.3 Å².